The van der Waals surface area contributed by atoms with E-state index in [-0.39, 0.29) is 5.92 Å². The van der Waals surface area contributed by atoms with Crippen LogP contribution < -0.4 is 4.90 Å². The van der Waals surface area contributed by atoms with Gasteiger partial charge in [-0.3, -0.25) is 0 Å². The van der Waals surface area contributed by atoms with Crippen molar-refractivity contribution in [2.24, 2.45) is 0 Å². The van der Waals surface area contributed by atoms with Crippen LogP contribution in [0.2, 0.25) is 0 Å². The summed E-state index contributed by atoms with van der Waals surface area (Å²) in [5.41, 5.74) is 1.47. The van der Waals surface area contributed by atoms with E-state index >= 15 is 0 Å². The maximum absolute atomic E-state index is 10.9. The van der Waals surface area contributed by atoms with Crippen molar-refractivity contribution in [3.63, 3.8) is 0 Å². The Kier molecular flexibility index (Phi) is 3.03. The molecule has 2 heteroatoms. The van der Waals surface area contributed by atoms with E-state index in [1.807, 2.05) is 43.3 Å². The molecule has 19 heavy (non-hydrogen) atoms. The van der Waals surface area contributed by atoms with Crippen molar-refractivity contribution in [3.8, 4) is 0 Å². The topological polar surface area (TPSA) is 23.5 Å². The van der Waals surface area contributed by atoms with E-state index in [1.165, 1.54) is 5.56 Å². The molecule has 0 bridgehead atoms. The van der Waals surface area contributed by atoms with Crippen molar-refractivity contribution in [2.45, 2.75) is 25.0 Å². The average molecular weight is 253 g/mol. The minimum Gasteiger partial charge on any atom is -0.371 e. The lowest BCUT2D eigenvalue weighted by molar-refractivity contribution is 0.0526. The van der Waals surface area contributed by atoms with Gasteiger partial charge < -0.3 is 10.0 Å². The highest BCUT2D eigenvalue weighted by Crippen LogP contribution is 2.42. The lowest BCUT2D eigenvalue weighted by atomic mass is 9.90. The van der Waals surface area contributed by atoms with Gasteiger partial charge in [-0.05, 0) is 31.0 Å². The van der Waals surface area contributed by atoms with Gasteiger partial charge in [-0.1, -0.05) is 48.5 Å². The fraction of sp³-hybridized carbons (Fsp3) is 0.294. The molecule has 0 radical (unpaired) electrons. The molecule has 0 spiro atoms. The second kappa shape index (κ2) is 4.71. The van der Waals surface area contributed by atoms with Crippen molar-refractivity contribution >= 4 is 5.69 Å². The quantitative estimate of drug-likeness (QED) is 0.886. The molecule has 3 rings (SSSR count). The summed E-state index contributed by atoms with van der Waals surface area (Å²) >= 11 is 0. The van der Waals surface area contributed by atoms with E-state index in [2.05, 4.69) is 29.2 Å². The summed E-state index contributed by atoms with van der Waals surface area (Å²) in [7, 11) is 0. The smallest absolute Gasteiger partial charge is 0.142 e. The highest BCUT2D eigenvalue weighted by atomic mass is 16.3. The highest BCUT2D eigenvalue weighted by molar-refractivity contribution is 5.51. The van der Waals surface area contributed by atoms with Gasteiger partial charge in [-0.2, -0.15) is 0 Å². The first-order valence-electron chi connectivity index (χ1n) is 6.79. The van der Waals surface area contributed by atoms with Gasteiger partial charge >= 0.3 is 0 Å². The van der Waals surface area contributed by atoms with Crippen LogP contribution in [0.5, 0.6) is 0 Å². The first-order valence-corrected chi connectivity index (χ1v) is 6.79. The average Bonchev–Trinajstić information content (AvgIpc) is 2.76. The predicted molar refractivity (Wildman–Crippen MR) is 78.2 cm³/mol. The molecule has 2 atom stereocenters. The van der Waals surface area contributed by atoms with Gasteiger partial charge in [0.15, 0.2) is 0 Å². The summed E-state index contributed by atoms with van der Waals surface area (Å²) < 4.78 is 0. The molecule has 2 nitrogen and oxygen atoms in total. The van der Waals surface area contributed by atoms with Crippen LogP contribution in [0.1, 0.15) is 24.8 Å². The second-order valence-electron chi connectivity index (χ2n) is 5.33. The first-order chi connectivity index (χ1) is 9.19. The number of rotatable bonds is 2. The number of hydrogen-bond donors (Lipinski definition) is 1. The number of benzene rings is 2. The van der Waals surface area contributed by atoms with E-state index < -0.39 is 5.72 Å². The summed E-state index contributed by atoms with van der Waals surface area (Å²) in [6.45, 7) is 2.81. The number of anilines is 1. The minimum absolute atomic E-state index is 0.161. The van der Waals surface area contributed by atoms with Crippen LogP contribution in [0.4, 0.5) is 5.69 Å². The van der Waals surface area contributed by atoms with E-state index in [0.29, 0.717) is 0 Å². The van der Waals surface area contributed by atoms with E-state index in [9.17, 15) is 5.11 Å². The molecular weight excluding hydrogens is 234 g/mol. The van der Waals surface area contributed by atoms with E-state index in [0.717, 1.165) is 18.7 Å². The third-order valence-corrected chi connectivity index (χ3v) is 4.12. The zero-order valence-electron chi connectivity index (χ0n) is 11.2. The van der Waals surface area contributed by atoms with Crippen molar-refractivity contribution in [3.05, 3.63) is 66.2 Å². The van der Waals surface area contributed by atoms with Gasteiger partial charge in [-0.25, -0.2) is 0 Å². The van der Waals surface area contributed by atoms with E-state index in [1.54, 1.807) is 0 Å². The Morgan fingerprint density at radius 3 is 2.21 bits per heavy atom. The Bertz CT molecular complexity index is 486. The van der Waals surface area contributed by atoms with Gasteiger partial charge in [0.1, 0.15) is 5.72 Å². The molecule has 0 aromatic heterocycles. The van der Waals surface area contributed by atoms with Crippen molar-refractivity contribution < 1.29 is 5.11 Å². The fourth-order valence-corrected chi connectivity index (χ4v) is 3.11. The Hall–Kier alpha value is -1.80. The molecule has 1 fully saturated rings. The molecule has 0 saturated carbocycles. The zero-order valence-corrected chi connectivity index (χ0v) is 11.2. The number of para-hydroxylation sites is 1. The minimum atomic E-state index is -0.831. The Morgan fingerprint density at radius 2 is 1.58 bits per heavy atom. The molecule has 1 N–H and O–H groups in total. The van der Waals surface area contributed by atoms with Gasteiger partial charge in [-0.15, -0.1) is 0 Å². The molecule has 1 aliphatic rings. The Morgan fingerprint density at radius 1 is 1.00 bits per heavy atom. The standard InChI is InChI=1S/C17H19NO/c1-17(19)16(14-8-4-2-5-9-14)12-13-18(17)15-10-6-3-7-11-15/h2-11,16,19H,12-13H2,1H3/t16-,17-/m0/s1. The highest BCUT2D eigenvalue weighted by Gasteiger charge is 2.44. The van der Waals surface area contributed by atoms with Gasteiger partial charge in [0, 0.05) is 18.2 Å². The van der Waals surface area contributed by atoms with Crippen molar-refractivity contribution in [2.75, 3.05) is 11.4 Å². The SMILES string of the molecule is C[C@]1(O)[C@H](c2ccccc2)CCN1c1ccccc1. The Labute approximate surface area is 114 Å². The van der Waals surface area contributed by atoms with E-state index in [4.69, 9.17) is 0 Å². The molecule has 1 saturated heterocycles. The van der Waals surface area contributed by atoms with Crippen LogP contribution in [-0.2, 0) is 0 Å². The molecular formula is C17H19NO. The molecule has 0 aliphatic carbocycles. The van der Waals surface area contributed by atoms with Crippen LogP contribution in [0, 0.1) is 0 Å². The molecule has 0 unspecified atom stereocenters. The summed E-state index contributed by atoms with van der Waals surface area (Å²) in [6.07, 6.45) is 0.978. The van der Waals surface area contributed by atoms with Gasteiger partial charge in [0.05, 0.1) is 0 Å². The van der Waals surface area contributed by atoms with Crippen LogP contribution in [0.25, 0.3) is 0 Å². The van der Waals surface area contributed by atoms with Gasteiger partial charge in [0.25, 0.3) is 0 Å². The number of hydrogen-bond acceptors (Lipinski definition) is 2. The Balaban J connectivity index is 1.92. The predicted octanol–water partition coefficient (Wildman–Crippen LogP) is 3.39. The second-order valence-corrected chi connectivity index (χ2v) is 5.33. The fourth-order valence-electron chi connectivity index (χ4n) is 3.11. The van der Waals surface area contributed by atoms with Crippen LogP contribution in [0.3, 0.4) is 0 Å². The maximum Gasteiger partial charge on any atom is 0.142 e. The summed E-state index contributed by atoms with van der Waals surface area (Å²) in [5.74, 6) is 0.161. The largest absolute Gasteiger partial charge is 0.371 e. The number of aliphatic hydroxyl groups is 1. The zero-order chi connectivity index (χ0) is 13.3. The summed E-state index contributed by atoms with van der Waals surface area (Å²) in [4.78, 5) is 2.10. The first kappa shape index (κ1) is 12.2. The normalized spacial score (nSPS) is 26.6. The van der Waals surface area contributed by atoms with Crippen LogP contribution in [-0.4, -0.2) is 17.4 Å². The molecule has 2 aromatic carbocycles. The summed E-state index contributed by atoms with van der Waals surface area (Å²) in [6, 6.07) is 20.5. The molecule has 1 heterocycles. The third-order valence-electron chi connectivity index (χ3n) is 4.12. The molecule has 1 aliphatic heterocycles. The molecule has 2 aromatic rings. The van der Waals surface area contributed by atoms with Crippen LogP contribution >= 0.6 is 0 Å². The monoisotopic (exact) mass is 253 g/mol. The van der Waals surface area contributed by atoms with Crippen LogP contribution in [0.15, 0.2) is 60.7 Å². The lowest BCUT2D eigenvalue weighted by Gasteiger charge is -2.36. The molecule has 98 valence electrons. The lowest BCUT2D eigenvalue weighted by Crippen LogP contribution is -2.44. The third kappa shape index (κ3) is 2.13. The van der Waals surface area contributed by atoms with Gasteiger partial charge in [0.2, 0.25) is 0 Å². The summed E-state index contributed by atoms with van der Waals surface area (Å²) in [5, 5.41) is 10.9. The number of nitrogens with zero attached hydrogens (tertiary/aromatic N) is 1. The van der Waals surface area contributed by atoms with Crippen molar-refractivity contribution in [1.29, 1.82) is 0 Å². The molecule has 0 amide bonds. The van der Waals surface area contributed by atoms with Crippen molar-refractivity contribution in [1.82, 2.24) is 0 Å². The maximum atomic E-state index is 10.9.